The van der Waals surface area contributed by atoms with Crippen molar-refractivity contribution in [3.63, 3.8) is 0 Å². The molecule has 1 fully saturated rings. The fourth-order valence-electron chi connectivity index (χ4n) is 3.86. The molecule has 164 valence electrons. The first-order valence-electron chi connectivity index (χ1n) is 9.42. The highest BCUT2D eigenvalue weighted by Crippen LogP contribution is 2.43. The molecule has 0 aromatic heterocycles. The van der Waals surface area contributed by atoms with Crippen molar-refractivity contribution in [2.24, 2.45) is 0 Å². The van der Waals surface area contributed by atoms with Gasteiger partial charge in [0.05, 0.1) is 17.7 Å². The van der Waals surface area contributed by atoms with Crippen LogP contribution in [0.2, 0.25) is 0 Å². The fourth-order valence-corrected chi connectivity index (χ4v) is 3.86. The minimum atomic E-state index is -1.74. The van der Waals surface area contributed by atoms with E-state index < -0.39 is 60.4 Å². The molecule has 10 heteroatoms. The molecule has 1 aliphatic carbocycles. The minimum Gasteiger partial charge on any atom is -0.507 e. The summed E-state index contributed by atoms with van der Waals surface area (Å²) >= 11 is 0. The summed E-state index contributed by atoms with van der Waals surface area (Å²) in [5.74, 6) is -2.79. The number of ketones is 2. The van der Waals surface area contributed by atoms with Gasteiger partial charge in [-0.2, -0.15) is 0 Å². The van der Waals surface area contributed by atoms with E-state index in [1.807, 2.05) is 0 Å². The Morgan fingerprint density at radius 2 is 1.68 bits per heavy atom. The molecule has 6 N–H and O–H groups in total. The van der Waals surface area contributed by atoms with E-state index in [4.69, 9.17) is 9.47 Å². The average molecular weight is 432 g/mol. The Hall–Kier alpha value is -3.02. The monoisotopic (exact) mass is 432 g/mol. The van der Waals surface area contributed by atoms with Crippen molar-refractivity contribution >= 4 is 11.6 Å². The van der Waals surface area contributed by atoms with Crippen LogP contribution in [0.15, 0.2) is 24.3 Å². The van der Waals surface area contributed by atoms with Gasteiger partial charge in [-0.3, -0.25) is 9.59 Å². The maximum absolute atomic E-state index is 13.0. The van der Waals surface area contributed by atoms with Crippen LogP contribution in [-0.2, 0) is 4.74 Å². The Labute approximate surface area is 175 Å². The van der Waals surface area contributed by atoms with Gasteiger partial charge in [-0.1, -0.05) is 12.1 Å². The van der Waals surface area contributed by atoms with Crippen LogP contribution in [0, 0.1) is 6.92 Å². The molecular weight excluding hydrogens is 412 g/mol. The number of carbonyl (C=O) groups is 2. The minimum absolute atomic E-state index is 0.00102. The van der Waals surface area contributed by atoms with Crippen molar-refractivity contribution < 1.29 is 49.7 Å². The van der Waals surface area contributed by atoms with E-state index in [1.165, 1.54) is 31.2 Å². The standard InChI is InChI=1S/C21H20O10/c1-7-5-9-13(16(26)12-8(14(9)24)3-2-4-10(12)23)17(27)20(7)31-21-19(29)18(28)15(25)11(6-22)30-21/h2-5,11,15,18-19,21-23,25,27-29H,6H2,1H3/t11?,15-,18?,19+,21-/m1/s1. The van der Waals surface area contributed by atoms with Crippen LogP contribution < -0.4 is 4.74 Å². The summed E-state index contributed by atoms with van der Waals surface area (Å²) < 4.78 is 10.8. The molecule has 2 unspecified atom stereocenters. The maximum Gasteiger partial charge on any atom is 0.229 e. The summed E-state index contributed by atoms with van der Waals surface area (Å²) in [6, 6.07) is 5.38. The molecule has 5 atom stereocenters. The zero-order valence-electron chi connectivity index (χ0n) is 16.2. The molecule has 2 aliphatic rings. The molecule has 0 saturated carbocycles. The van der Waals surface area contributed by atoms with Crippen LogP contribution >= 0.6 is 0 Å². The Morgan fingerprint density at radius 3 is 2.35 bits per heavy atom. The third kappa shape index (κ3) is 3.16. The summed E-state index contributed by atoms with van der Waals surface area (Å²) in [4.78, 5) is 25.9. The van der Waals surface area contributed by atoms with Gasteiger partial charge in [0.15, 0.2) is 17.3 Å². The van der Waals surface area contributed by atoms with Crippen molar-refractivity contribution in [2.45, 2.75) is 37.6 Å². The van der Waals surface area contributed by atoms with Gasteiger partial charge in [0.2, 0.25) is 12.1 Å². The number of benzene rings is 2. The number of phenols is 2. The quantitative estimate of drug-likeness (QED) is 0.312. The Balaban J connectivity index is 1.77. The third-order valence-corrected chi connectivity index (χ3v) is 5.51. The van der Waals surface area contributed by atoms with Gasteiger partial charge >= 0.3 is 0 Å². The molecule has 2 aromatic rings. The Kier molecular flexibility index (Phi) is 5.20. The van der Waals surface area contributed by atoms with Crippen LogP contribution in [0.25, 0.3) is 0 Å². The van der Waals surface area contributed by atoms with E-state index in [9.17, 15) is 40.2 Å². The number of aliphatic hydroxyl groups is 4. The first-order valence-corrected chi connectivity index (χ1v) is 9.42. The number of hydrogen-bond acceptors (Lipinski definition) is 10. The van der Waals surface area contributed by atoms with Gasteiger partial charge in [-0.25, -0.2) is 0 Å². The van der Waals surface area contributed by atoms with E-state index in [0.717, 1.165) is 0 Å². The Morgan fingerprint density at radius 1 is 0.968 bits per heavy atom. The Bertz CT molecular complexity index is 1080. The number of rotatable bonds is 3. The normalized spacial score (nSPS) is 27.6. The molecule has 2 aromatic carbocycles. The van der Waals surface area contributed by atoms with Crippen LogP contribution in [-0.4, -0.2) is 79.5 Å². The molecule has 31 heavy (non-hydrogen) atoms. The first-order chi connectivity index (χ1) is 14.7. The predicted octanol–water partition coefficient (Wildman–Crippen LogP) is -0.640. The molecule has 10 nitrogen and oxygen atoms in total. The number of hydrogen-bond donors (Lipinski definition) is 6. The lowest BCUT2D eigenvalue weighted by Crippen LogP contribution is -2.60. The number of carbonyl (C=O) groups excluding carboxylic acids is 2. The topological polar surface area (TPSA) is 174 Å². The van der Waals surface area contributed by atoms with Crippen molar-refractivity contribution in [3.8, 4) is 17.2 Å². The molecule has 1 aliphatic heterocycles. The van der Waals surface area contributed by atoms with Crippen LogP contribution in [0.4, 0.5) is 0 Å². The van der Waals surface area contributed by atoms with E-state index in [1.54, 1.807) is 0 Å². The fraction of sp³-hybridized carbons (Fsp3) is 0.333. The summed E-state index contributed by atoms with van der Waals surface area (Å²) in [5, 5.41) is 60.2. The van der Waals surface area contributed by atoms with Gasteiger partial charge in [0.25, 0.3) is 0 Å². The van der Waals surface area contributed by atoms with E-state index in [2.05, 4.69) is 0 Å². The molecule has 0 amide bonds. The second-order valence-corrected chi connectivity index (χ2v) is 7.47. The van der Waals surface area contributed by atoms with Crippen molar-refractivity contribution in [2.75, 3.05) is 6.61 Å². The average Bonchev–Trinajstić information content (AvgIpc) is 2.74. The highest BCUT2D eigenvalue weighted by molar-refractivity contribution is 6.30. The van der Waals surface area contributed by atoms with Crippen molar-refractivity contribution in [1.82, 2.24) is 0 Å². The van der Waals surface area contributed by atoms with E-state index >= 15 is 0 Å². The lowest BCUT2D eigenvalue weighted by atomic mass is 9.82. The van der Waals surface area contributed by atoms with Crippen molar-refractivity contribution in [3.05, 3.63) is 52.1 Å². The van der Waals surface area contributed by atoms with Crippen LogP contribution in [0.1, 0.15) is 37.4 Å². The molecule has 0 spiro atoms. The number of fused-ring (bicyclic) bond motifs is 2. The number of aryl methyl sites for hydroxylation is 1. The molecule has 1 heterocycles. The van der Waals surface area contributed by atoms with Crippen molar-refractivity contribution in [1.29, 1.82) is 0 Å². The summed E-state index contributed by atoms with van der Waals surface area (Å²) in [5.41, 5.74) is -0.502. The van der Waals surface area contributed by atoms with Crippen LogP contribution in [0.5, 0.6) is 17.2 Å². The smallest absolute Gasteiger partial charge is 0.229 e. The van der Waals surface area contributed by atoms with Gasteiger partial charge in [0.1, 0.15) is 30.2 Å². The first kappa shape index (κ1) is 21.2. The predicted molar refractivity (Wildman–Crippen MR) is 102 cm³/mol. The maximum atomic E-state index is 13.0. The summed E-state index contributed by atoms with van der Waals surface area (Å²) in [6.07, 6.45) is -7.89. The highest BCUT2D eigenvalue weighted by atomic mass is 16.7. The molecule has 4 rings (SSSR count). The number of ether oxygens (including phenoxy) is 2. The van der Waals surface area contributed by atoms with Crippen LogP contribution in [0.3, 0.4) is 0 Å². The molecule has 0 radical (unpaired) electrons. The van der Waals surface area contributed by atoms with Gasteiger partial charge in [-0.15, -0.1) is 0 Å². The lowest BCUT2D eigenvalue weighted by Gasteiger charge is -2.39. The lowest BCUT2D eigenvalue weighted by molar-refractivity contribution is -0.277. The van der Waals surface area contributed by atoms with Gasteiger partial charge in [-0.05, 0) is 24.6 Å². The number of phenolic OH excluding ortho intramolecular Hbond substituents is 2. The zero-order valence-corrected chi connectivity index (χ0v) is 16.2. The second kappa shape index (κ2) is 7.59. The van der Waals surface area contributed by atoms with Gasteiger partial charge < -0.3 is 40.1 Å². The number of aliphatic hydroxyl groups excluding tert-OH is 4. The molecular formula is C21H20O10. The highest BCUT2D eigenvalue weighted by Gasteiger charge is 2.45. The molecule has 0 bridgehead atoms. The molecule has 1 saturated heterocycles. The summed E-state index contributed by atoms with van der Waals surface area (Å²) in [7, 11) is 0. The summed E-state index contributed by atoms with van der Waals surface area (Å²) in [6.45, 7) is 0.804. The van der Waals surface area contributed by atoms with Gasteiger partial charge in [0, 0.05) is 11.1 Å². The SMILES string of the molecule is Cc1cc2c(c(O)c1O[C@H]1OC(CO)[C@@H](O)C(O)[C@@H]1O)C(=O)c1c(O)cccc1C2=O. The zero-order chi connectivity index (χ0) is 22.6. The second-order valence-electron chi connectivity index (χ2n) is 7.47. The van der Waals surface area contributed by atoms with E-state index in [0.29, 0.717) is 0 Å². The number of aromatic hydroxyl groups is 2. The largest absolute Gasteiger partial charge is 0.507 e. The third-order valence-electron chi connectivity index (χ3n) is 5.51. The van der Waals surface area contributed by atoms with E-state index in [-0.39, 0.29) is 33.6 Å².